The van der Waals surface area contributed by atoms with Crippen molar-refractivity contribution in [3.8, 4) is 5.75 Å². The molecule has 0 aromatic heterocycles. The van der Waals surface area contributed by atoms with Crippen molar-refractivity contribution >= 4 is 51.4 Å². The third-order valence-corrected chi connectivity index (χ3v) is 5.09. The average molecular weight is 531 g/mol. The highest BCUT2D eigenvalue weighted by atomic mass is 127. The molecule has 0 aliphatic rings. The van der Waals surface area contributed by atoms with Gasteiger partial charge in [0.05, 0.1) is 6.21 Å². The SMILES string of the molecule is Cc1c(I)cc(/C=N\Oc2ccccc2C(F)(F)F)cc1I. The second-order valence-electron chi connectivity index (χ2n) is 4.43. The number of benzene rings is 2. The quantitative estimate of drug-likeness (QED) is 0.286. The molecule has 116 valence electrons. The van der Waals surface area contributed by atoms with E-state index in [-0.39, 0.29) is 5.75 Å². The van der Waals surface area contributed by atoms with Crippen molar-refractivity contribution < 1.29 is 18.0 Å². The van der Waals surface area contributed by atoms with Crippen LogP contribution in [0.15, 0.2) is 41.6 Å². The van der Waals surface area contributed by atoms with E-state index in [9.17, 15) is 13.2 Å². The maximum Gasteiger partial charge on any atom is 0.420 e. The van der Waals surface area contributed by atoms with Crippen LogP contribution < -0.4 is 4.84 Å². The van der Waals surface area contributed by atoms with Crippen molar-refractivity contribution in [3.63, 3.8) is 0 Å². The van der Waals surface area contributed by atoms with Crippen LogP contribution in [0.1, 0.15) is 16.7 Å². The molecule has 0 spiro atoms. The monoisotopic (exact) mass is 531 g/mol. The summed E-state index contributed by atoms with van der Waals surface area (Å²) in [5, 5.41) is 3.67. The van der Waals surface area contributed by atoms with Gasteiger partial charge in [-0.05, 0) is 87.5 Å². The summed E-state index contributed by atoms with van der Waals surface area (Å²) in [7, 11) is 0. The predicted molar refractivity (Wildman–Crippen MR) is 96.3 cm³/mol. The van der Waals surface area contributed by atoms with E-state index in [1.807, 2.05) is 19.1 Å². The van der Waals surface area contributed by atoms with Gasteiger partial charge in [0, 0.05) is 7.14 Å². The molecular weight excluding hydrogens is 521 g/mol. The number of hydrogen-bond donors (Lipinski definition) is 0. The van der Waals surface area contributed by atoms with Gasteiger partial charge >= 0.3 is 6.18 Å². The van der Waals surface area contributed by atoms with E-state index in [0.29, 0.717) is 0 Å². The highest BCUT2D eigenvalue weighted by Gasteiger charge is 2.34. The summed E-state index contributed by atoms with van der Waals surface area (Å²) in [6, 6.07) is 8.76. The molecule has 2 aromatic carbocycles. The molecule has 0 fully saturated rings. The maximum absolute atomic E-state index is 12.8. The second kappa shape index (κ2) is 7.16. The molecule has 0 amide bonds. The normalized spacial score (nSPS) is 11.9. The Balaban J connectivity index is 2.21. The van der Waals surface area contributed by atoms with Crippen LogP contribution >= 0.6 is 45.2 Å². The van der Waals surface area contributed by atoms with Crippen LogP contribution in [-0.2, 0) is 6.18 Å². The largest absolute Gasteiger partial charge is 0.420 e. The molecule has 0 unspecified atom stereocenters. The van der Waals surface area contributed by atoms with Crippen molar-refractivity contribution in [2.24, 2.45) is 5.16 Å². The molecule has 0 saturated carbocycles. The molecule has 0 atom stereocenters. The summed E-state index contributed by atoms with van der Waals surface area (Å²) in [6.07, 6.45) is -3.07. The Labute approximate surface area is 153 Å². The lowest BCUT2D eigenvalue weighted by atomic mass is 10.2. The van der Waals surface area contributed by atoms with Crippen LogP contribution in [0, 0.1) is 14.1 Å². The molecule has 0 aliphatic carbocycles. The van der Waals surface area contributed by atoms with Gasteiger partial charge in [0.25, 0.3) is 0 Å². The van der Waals surface area contributed by atoms with Crippen LogP contribution in [0.25, 0.3) is 0 Å². The topological polar surface area (TPSA) is 21.6 Å². The third-order valence-electron chi connectivity index (χ3n) is 2.85. The fourth-order valence-corrected chi connectivity index (χ4v) is 3.48. The smallest absolute Gasteiger partial charge is 0.356 e. The predicted octanol–water partition coefficient (Wildman–Crippen LogP) is 5.64. The van der Waals surface area contributed by atoms with Crippen molar-refractivity contribution in [1.82, 2.24) is 0 Å². The Morgan fingerprint density at radius 1 is 1.09 bits per heavy atom. The lowest BCUT2D eigenvalue weighted by Gasteiger charge is -2.10. The van der Waals surface area contributed by atoms with Gasteiger partial charge in [-0.15, -0.1) is 0 Å². The number of nitrogens with zero attached hydrogens (tertiary/aromatic N) is 1. The van der Waals surface area contributed by atoms with Crippen LogP contribution in [0.3, 0.4) is 0 Å². The van der Waals surface area contributed by atoms with Gasteiger partial charge in [-0.3, -0.25) is 0 Å². The minimum Gasteiger partial charge on any atom is -0.356 e. The van der Waals surface area contributed by atoms with Crippen molar-refractivity contribution in [2.75, 3.05) is 0 Å². The number of rotatable bonds is 3. The summed E-state index contributed by atoms with van der Waals surface area (Å²) in [4.78, 5) is 4.92. The standard InChI is InChI=1S/C15H10F3I2NO/c1-9-12(19)6-10(7-13(9)20)8-21-22-14-5-3-2-4-11(14)15(16,17)18/h2-8H,1H3/b21-8-. The molecule has 0 bridgehead atoms. The third kappa shape index (κ3) is 4.34. The Bertz CT molecular complexity index is 691. The first-order valence-electron chi connectivity index (χ1n) is 6.11. The van der Waals surface area contributed by atoms with Crippen LogP contribution in [0.5, 0.6) is 5.75 Å². The summed E-state index contributed by atoms with van der Waals surface area (Å²) < 4.78 is 40.6. The minimum absolute atomic E-state index is 0.317. The summed E-state index contributed by atoms with van der Waals surface area (Å²) in [5.74, 6) is -0.317. The lowest BCUT2D eigenvalue weighted by Crippen LogP contribution is -2.06. The zero-order valence-electron chi connectivity index (χ0n) is 11.3. The number of alkyl halides is 3. The highest BCUT2D eigenvalue weighted by molar-refractivity contribution is 14.1. The first kappa shape index (κ1) is 17.5. The zero-order chi connectivity index (χ0) is 16.3. The second-order valence-corrected chi connectivity index (χ2v) is 6.75. The molecule has 2 nitrogen and oxygen atoms in total. The molecular formula is C15H10F3I2NO. The van der Waals surface area contributed by atoms with Gasteiger partial charge in [0.2, 0.25) is 0 Å². The summed E-state index contributed by atoms with van der Waals surface area (Å²) in [5.41, 5.74) is 1.07. The molecule has 0 radical (unpaired) electrons. The molecule has 0 saturated heterocycles. The van der Waals surface area contributed by atoms with E-state index in [4.69, 9.17) is 4.84 Å². The number of para-hydroxylation sites is 1. The van der Waals surface area contributed by atoms with Gasteiger partial charge in [-0.2, -0.15) is 13.2 Å². The fraction of sp³-hybridized carbons (Fsp3) is 0.133. The molecule has 0 heterocycles. The van der Waals surface area contributed by atoms with Crippen molar-refractivity contribution in [3.05, 3.63) is 60.2 Å². The molecule has 0 aliphatic heterocycles. The lowest BCUT2D eigenvalue weighted by molar-refractivity contribution is -0.138. The van der Waals surface area contributed by atoms with Gasteiger partial charge in [0.1, 0.15) is 5.56 Å². The Morgan fingerprint density at radius 2 is 1.68 bits per heavy atom. The first-order chi connectivity index (χ1) is 10.3. The summed E-state index contributed by atoms with van der Waals surface area (Å²) in [6.45, 7) is 2.00. The van der Waals surface area contributed by atoms with E-state index >= 15 is 0 Å². The molecule has 2 aromatic rings. The van der Waals surface area contributed by atoms with E-state index in [1.54, 1.807) is 0 Å². The van der Waals surface area contributed by atoms with E-state index in [2.05, 4.69) is 50.3 Å². The average Bonchev–Trinajstić information content (AvgIpc) is 2.44. The van der Waals surface area contributed by atoms with E-state index in [1.165, 1.54) is 24.4 Å². The van der Waals surface area contributed by atoms with Gasteiger partial charge < -0.3 is 4.84 Å². The number of halogens is 5. The first-order valence-corrected chi connectivity index (χ1v) is 8.27. The Morgan fingerprint density at radius 3 is 2.27 bits per heavy atom. The molecule has 7 heteroatoms. The maximum atomic E-state index is 12.8. The number of hydrogen-bond acceptors (Lipinski definition) is 2. The van der Waals surface area contributed by atoms with Crippen LogP contribution in [-0.4, -0.2) is 6.21 Å². The molecule has 2 rings (SSSR count). The van der Waals surface area contributed by atoms with E-state index in [0.717, 1.165) is 24.3 Å². The minimum atomic E-state index is -4.47. The Hall–Kier alpha value is -0.840. The van der Waals surface area contributed by atoms with Crippen molar-refractivity contribution in [2.45, 2.75) is 13.1 Å². The molecule has 22 heavy (non-hydrogen) atoms. The van der Waals surface area contributed by atoms with E-state index < -0.39 is 11.7 Å². The van der Waals surface area contributed by atoms with Crippen molar-refractivity contribution in [1.29, 1.82) is 0 Å². The summed E-state index contributed by atoms with van der Waals surface area (Å²) >= 11 is 4.40. The molecule has 0 N–H and O–H groups in total. The Kier molecular flexibility index (Phi) is 5.70. The number of oxime groups is 1. The van der Waals surface area contributed by atoms with Gasteiger partial charge in [0.15, 0.2) is 5.75 Å². The van der Waals surface area contributed by atoms with Gasteiger partial charge in [-0.1, -0.05) is 17.3 Å². The van der Waals surface area contributed by atoms with Crippen LogP contribution in [0.2, 0.25) is 0 Å². The fourth-order valence-electron chi connectivity index (χ4n) is 1.66. The highest BCUT2D eigenvalue weighted by Crippen LogP contribution is 2.35. The van der Waals surface area contributed by atoms with Crippen LogP contribution in [0.4, 0.5) is 13.2 Å². The zero-order valence-corrected chi connectivity index (χ0v) is 15.6. The van der Waals surface area contributed by atoms with Gasteiger partial charge in [-0.25, -0.2) is 0 Å².